The summed E-state index contributed by atoms with van der Waals surface area (Å²) < 4.78 is 32.8. The number of rotatable bonds is 4. The predicted molar refractivity (Wildman–Crippen MR) is 78.5 cm³/mol. The molecule has 0 aliphatic carbocycles. The zero-order valence-corrected chi connectivity index (χ0v) is 13.0. The maximum atomic E-state index is 12.4. The van der Waals surface area contributed by atoms with Gasteiger partial charge in [0, 0.05) is 12.6 Å². The fourth-order valence-electron chi connectivity index (χ4n) is 2.43. The van der Waals surface area contributed by atoms with Gasteiger partial charge in [-0.2, -0.15) is 0 Å². The van der Waals surface area contributed by atoms with Crippen LogP contribution in [0.1, 0.15) is 18.9 Å². The number of sulfonamides is 1. The monoisotopic (exact) mass is 298 g/mol. The molecule has 0 aromatic heterocycles. The first-order chi connectivity index (χ1) is 9.44. The summed E-state index contributed by atoms with van der Waals surface area (Å²) in [5.41, 5.74) is 0.810. The molecule has 1 aliphatic heterocycles. The van der Waals surface area contributed by atoms with Crippen LogP contribution in [0.15, 0.2) is 23.1 Å². The molecule has 1 heterocycles. The Morgan fingerprint density at radius 2 is 2.15 bits per heavy atom. The first-order valence-corrected chi connectivity index (χ1v) is 8.30. The molecule has 2 rings (SSSR count). The fourth-order valence-corrected chi connectivity index (χ4v) is 3.86. The predicted octanol–water partition coefficient (Wildman–Crippen LogP) is 1.28. The lowest BCUT2D eigenvalue weighted by Gasteiger charge is -2.30. The van der Waals surface area contributed by atoms with E-state index >= 15 is 0 Å². The molecular formula is C14H22N2O3S. The largest absolute Gasteiger partial charge is 0.496 e. The molecule has 1 aliphatic rings. The fraction of sp³-hybridized carbons (Fsp3) is 0.571. The number of piperidine rings is 1. The highest BCUT2D eigenvalue weighted by atomic mass is 32.2. The highest BCUT2D eigenvalue weighted by Gasteiger charge is 2.26. The number of aryl methyl sites for hydroxylation is 1. The molecule has 2 N–H and O–H groups in total. The smallest absolute Gasteiger partial charge is 0.240 e. The van der Waals surface area contributed by atoms with Gasteiger partial charge in [-0.3, -0.25) is 0 Å². The second kappa shape index (κ2) is 6.11. The average molecular weight is 298 g/mol. The van der Waals surface area contributed by atoms with E-state index < -0.39 is 10.0 Å². The number of hydrogen-bond donors (Lipinski definition) is 2. The van der Waals surface area contributed by atoms with E-state index in [0.29, 0.717) is 18.2 Å². The third-order valence-electron chi connectivity index (χ3n) is 3.81. The van der Waals surface area contributed by atoms with E-state index in [1.807, 2.05) is 6.92 Å². The highest BCUT2D eigenvalue weighted by Crippen LogP contribution is 2.22. The van der Waals surface area contributed by atoms with Crippen LogP contribution in [0.5, 0.6) is 5.75 Å². The Kier molecular flexibility index (Phi) is 4.67. The molecule has 0 amide bonds. The molecule has 1 saturated heterocycles. The van der Waals surface area contributed by atoms with Crippen LogP contribution >= 0.6 is 0 Å². The van der Waals surface area contributed by atoms with Crippen LogP contribution in [0, 0.1) is 12.8 Å². The van der Waals surface area contributed by atoms with Crippen LogP contribution in [0.25, 0.3) is 0 Å². The third-order valence-corrected chi connectivity index (χ3v) is 5.30. The molecule has 0 radical (unpaired) electrons. The Bertz CT molecular complexity index is 572. The van der Waals surface area contributed by atoms with Gasteiger partial charge in [0.2, 0.25) is 10.0 Å². The standard InChI is InChI=1S/C14H22N2O3S/c1-10-6-7-15-9-13(10)16-20(17,18)12-4-5-14(19-3)11(2)8-12/h4-5,8,10,13,15-16H,6-7,9H2,1-3H3. The zero-order valence-electron chi connectivity index (χ0n) is 12.1. The molecule has 1 aromatic carbocycles. The van der Waals surface area contributed by atoms with Crippen molar-refractivity contribution in [3.05, 3.63) is 23.8 Å². The summed E-state index contributed by atoms with van der Waals surface area (Å²) in [6.07, 6.45) is 0.981. The van der Waals surface area contributed by atoms with Gasteiger partial charge < -0.3 is 10.1 Å². The van der Waals surface area contributed by atoms with Crippen LogP contribution in [0.4, 0.5) is 0 Å². The van der Waals surface area contributed by atoms with Crippen molar-refractivity contribution in [2.24, 2.45) is 5.92 Å². The lowest BCUT2D eigenvalue weighted by molar-refractivity contribution is 0.327. The molecule has 0 spiro atoms. The summed E-state index contributed by atoms with van der Waals surface area (Å²) in [7, 11) is -1.91. The van der Waals surface area contributed by atoms with E-state index in [2.05, 4.69) is 17.0 Å². The van der Waals surface area contributed by atoms with Gasteiger partial charge in [0.15, 0.2) is 0 Å². The minimum atomic E-state index is -3.49. The molecule has 1 aromatic rings. The number of ether oxygens (including phenoxy) is 1. The lowest BCUT2D eigenvalue weighted by Crippen LogP contribution is -2.50. The van der Waals surface area contributed by atoms with Crippen molar-refractivity contribution in [3.63, 3.8) is 0 Å². The Labute approximate surface area is 120 Å². The molecule has 6 heteroatoms. The molecule has 2 unspecified atom stereocenters. The van der Waals surface area contributed by atoms with Gasteiger partial charge in [-0.1, -0.05) is 6.92 Å². The molecule has 0 saturated carbocycles. The first kappa shape index (κ1) is 15.3. The summed E-state index contributed by atoms with van der Waals surface area (Å²) in [4.78, 5) is 0.286. The maximum Gasteiger partial charge on any atom is 0.240 e. The number of hydrogen-bond acceptors (Lipinski definition) is 4. The minimum absolute atomic E-state index is 0.0591. The Morgan fingerprint density at radius 3 is 2.75 bits per heavy atom. The SMILES string of the molecule is COc1ccc(S(=O)(=O)NC2CNCCC2C)cc1C. The molecule has 0 bridgehead atoms. The second-order valence-electron chi connectivity index (χ2n) is 5.33. The maximum absolute atomic E-state index is 12.4. The van der Waals surface area contributed by atoms with Crippen LogP contribution < -0.4 is 14.8 Å². The lowest BCUT2D eigenvalue weighted by atomic mass is 9.96. The van der Waals surface area contributed by atoms with E-state index in [4.69, 9.17) is 4.74 Å². The van der Waals surface area contributed by atoms with E-state index in [9.17, 15) is 8.42 Å². The van der Waals surface area contributed by atoms with Gasteiger partial charge in [-0.15, -0.1) is 0 Å². The van der Waals surface area contributed by atoms with Gasteiger partial charge in [0.05, 0.1) is 12.0 Å². The van der Waals surface area contributed by atoms with Crippen LogP contribution in [-0.2, 0) is 10.0 Å². The van der Waals surface area contributed by atoms with E-state index in [1.165, 1.54) is 0 Å². The van der Waals surface area contributed by atoms with Crippen molar-refractivity contribution in [1.29, 1.82) is 0 Å². The minimum Gasteiger partial charge on any atom is -0.496 e. The van der Waals surface area contributed by atoms with Gasteiger partial charge >= 0.3 is 0 Å². The Morgan fingerprint density at radius 1 is 1.40 bits per heavy atom. The van der Waals surface area contributed by atoms with E-state index in [-0.39, 0.29) is 10.9 Å². The summed E-state index contributed by atoms with van der Waals surface area (Å²) in [6, 6.07) is 4.85. The van der Waals surface area contributed by atoms with Crippen LogP contribution in [0.3, 0.4) is 0 Å². The topological polar surface area (TPSA) is 67.4 Å². The quantitative estimate of drug-likeness (QED) is 0.879. The van der Waals surface area contributed by atoms with Crippen molar-refractivity contribution >= 4 is 10.0 Å². The number of benzene rings is 1. The van der Waals surface area contributed by atoms with Crippen molar-refractivity contribution < 1.29 is 13.2 Å². The number of methoxy groups -OCH3 is 1. The highest BCUT2D eigenvalue weighted by molar-refractivity contribution is 7.89. The zero-order chi connectivity index (χ0) is 14.8. The Balaban J connectivity index is 2.19. The van der Waals surface area contributed by atoms with Crippen LogP contribution in [0.2, 0.25) is 0 Å². The van der Waals surface area contributed by atoms with Crippen molar-refractivity contribution in [2.45, 2.75) is 31.2 Å². The van der Waals surface area contributed by atoms with Gasteiger partial charge in [0.1, 0.15) is 5.75 Å². The first-order valence-electron chi connectivity index (χ1n) is 6.81. The molecule has 112 valence electrons. The molecule has 2 atom stereocenters. The molecule has 1 fully saturated rings. The second-order valence-corrected chi connectivity index (χ2v) is 7.04. The average Bonchev–Trinajstić information content (AvgIpc) is 2.41. The molecular weight excluding hydrogens is 276 g/mol. The summed E-state index contributed by atoms with van der Waals surface area (Å²) in [6.45, 7) is 5.53. The van der Waals surface area contributed by atoms with Gasteiger partial charge in [-0.05, 0) is 49.6 Å². The van der Waals surface area contributed by atoms with E-state index in [0.717, 1.165) is 18.5 Å². The number of nitrogens with one attached hydrogen (secondary N) is 2. The third kappa shape index (κ3) is 3.31. The van der Waals surface area contributed by atoms with Crippen molar-refractivity contribution in [1.82, 2.24) is 10.0 Å². The van der Waals surface area contributed by atoms with Gasteiger partial charge in [-0.25, -0.2) is 13.1 Å². The van der Waals surface area contributed by atoms with E-state index in [1.54, 1.807) is 25.3 Å². The Hall–Kier alpha value is -1.11. The summed E-state index contributed by atoms with van der Waals surface area (Å²) in [5, 5.41) is 3.22. The normalized spacial score (nSPS) is 23.6. The van der Waals surface area contributed by atoms with Crippen LogP contribution in [-0.4, -0.2) is 34.7 Å². The molecule has 5 nitrogen and oxygen atoms in total. The van der Waals surface area contributed by atoms with Gasteiger partial charge in [0.25, 0.3) is 0 Å². The summed E-state index contributed by atoms with van der Waals surface area (Å²) >= 11 is 0. The molecule has 20 heavy (non-hydrogen) atoms. The van der Waals surface area contributed by atoms with Crippen molar-refractivity contribution in [2.75, 3.05) is 20.2 Å². The van der Waals surface area contributed by atoms with Crippen molar-refractivity contribution in [3.8, 4) is 5.75 Å². The summed E-state index contributed by atoms with van der Waals surface area (Å²) in [5.74, 6) is 1.03.